The van der Waals surface area contributed by atoms with Gasteiger partial charge in [0.2, 0.25) is 23.6 Å². The minimum Gasteiger partial charge on any atom is -0.508 e. The van der Waals surface area contributed by atoms with Crippen LogP contribution in [-0.4, -0.2) is 88.4 Å². The van der Waals surface area contributed by atoms with Crippen molar-refractivity contribution in [3.05, 3.63) is 438 Å². The molecule has 0 aromatic heterocycles. The molecule has 24 rings (SSSR count). The van der Waals surface area contributed by atoms with Crippen LogP contribution in [0.25, 0.3) is 77.9 Å². The SMILES string of the molecule is Cc1ccc(C2CC23C(=O)Nc2cc(Cl)c(-c4ccc(Cc5ccccc5O)cc4)cc23)cc1C(=O)O.O=C(O)Cc1ccc(C2CC23C(=O)Nc2cc(Cl)c(-c4ccc(-c5ccccc5O)cc4)cc23)cc1.O=C(O)Cc1cccc(C2CC23C(=O)Nc2cc(F)c(-c4ccc(-c5ccccc5O)cc4)cc23)c1.O=C(O)c1ccc(C2CC23C(=O)Nc2cc(Cl)c(-c4ccc(-c5ccccc5O)cc4)cc23)cc1. The maximum Gasteiger partial charge on any atom is 0.335 e. The van der Waals surface area contributed by atoms with E-state index in [-0.39, 0.29) is 94.3 Å². The Labute approximate surface area is 840 Å². The van der Waals surface area contributed by atoms with Gasteiger partial charge in [0, 0.05) is 91.8 Å². The number of benzene rings is 16. The number of halogens is 4. The predicted octanol–water partition coefficient (Wildman–Crippen LogP) is 25.4. The van der Waals surface area contributed by atoms with Crippen LogP contribution in [0.3, 0.4) is 0 Å². The molecule has 16 aromatic rings. The summed E-state index contributed by atoms with van der Waals surface area (Å²) in [6.45, 7) is 1.77. The highest BCUT2D eigenvalue weighted by Gasteiger charge is 2.69. The van der Waals surface area contributed by atoms with Crippen LogP contribution in [0.1, 0.15) is 142 Å². The summed E-state index contributed by atoms with van der Waals surface area (Å²) in [6, 6.07) is 101. The van der Waals surface area contributed by atoms with E-state index in [1.165, 1.54) is 6.07 Å². The molecule has 4 fully saturated rings. The van der Waals surface area contributed by atoms with Gasteiger partial charge in [0.1, 0.15) is 28.8 Å². The number of fused-ring (bicyclic) bond motifs is 8. The number of aryl methyl sites for hydroxylation is 1. The molecule has 4 aliphatic carbocycles. The smallest absolute Gasteiger partial charge is 0.335 e. The van der Waals surface area contributed by atoms with Crippen molar-refractivity contribution in [3.8, 4) is 101 Å². The first-order valence-electron chi connectivity index (χ1n) is 46.8. The second-order valence-corrected chi connectivity index (χ2v) is 39.2. The number of carbonyl (C=O) groups excluding carboxylic acids is 4. The molecule has 4 aliphatic heterocycles. The van der Waals surface area contributed by atoms with E-state index < -0.39 is 51.4 Å². The van der Waals surface area contributed by atoms with Crippen molar-refractivity contribution in [1.82, 2.24) is 0 Å². The molecule has 144 heavy (non-hydrogen) atoms. The number of nitrogens with one attached hydrogen (secondary N) is 4. The number of rotatable bonds is 19. The fraction of sp³-hybridized carbons (Fsp3) is 0.133. The normalized spacial score (nSPS) is 19.7. The van der Waals surface area contributed by atoms with Crippen LogP contribution in [0.15, 0.2) is 334 Å². The summed E-state index contributed by atoms with van der Waals surface area (Å²) in [7, 11) is 0. The maximum absolute atomic E-state index is 15.2. The summed E-state index contributed by atoms with van der Waals surface area (Å²) in [5, 5.41) is 91.0. The van der Waals surface area contributed by atoms with Gasteiger partial charge in [0.05, 0.1) is 60.7 Å². The van der Waals surface area contributed by atoms with Gasteiger partial charge in [-0.05, 0) is 235 Å². The van der Waals surface area contributed by atoms with Gasteiger partial charge in [0.15, 0.2) is 0 Å². The molecule has 20 nitrogen and oxygen atoms in total. The number of aromatic carboxylic acids is 2. The first kappa shape index (κ1) is 93.6. The van der Waals surface area contributed by atoms with Crippen LogP contribution in [-0.2, 0) is 69.7 Å². The lowest BCUT2D eigenvalue weighted by Crippen LogP contribution is -2.21. The molecule has 0 bridgehead atoms. The minimum absolute atomic E-state index is 0.0232. The van der Waals surface area contributed by atoms with Crippen LogP contribution in [0.2, 0.25) is 15.1 Å². The molecular weight excluding hydrogens is 1880 g/mol. The van der Waals surface area contributed by atoms with Gasteiger partial charge in [-0.1, -0.05) is 277 Å². The summed E-state index contributed by atoms with van der Waals surface area (Å²) in [5.41, 5.74) is 22.8. The fourth-order valence-electron chi connectivity index (χ4n) is 21.8. The number of amides is 4. The number of hydrogen-bond donors (Lipinski definition) is 12. The number of hydrogen-bond acceptors (Lipinski definition) is 12. The van der Waals surface area contributed by atoms with Gasteiger partial charge in [0.25, 0.3) is 0 Å². The van der Waals surface area contributed by atoms with Gasteiger partial charge >= 0.3 is 23.9 Å². The molecule has 24 heteroatoms. The lowest BCUT2D eigenvalue weighted by Gasteiger charge is -2.13. The average Bonchev–Trinajstić information content (AvgIpc) is 1.53. The minimum atomic E-state index is -0.973. The number of carbonyl (C=O) groups is 8. The van der Waals surface area contributed by atoms with E-state index in [9.17, 15) is 69.0 Å². The molecule has 8 unspecified atom stereocenters. The number of phenolic OH excluding ortho intramolecular Hbond substituents is 4. The third-order valence-electron chi connectivity index (χ3n) is 29.6. The van der Waals surface area contributed by atoms with Crippen molar-refractivity contribution in [1.29, 1.82) is 0 Å². The predicted molar refractivity (Wildman–Crippen MR) is 552 cm³/mol. The number of anilines is 4. The molecule has 712 valence electrons. The van der Waals surface area contributed by atoms with Crippen LogP contribution in [0.4, 0.5) is 27.1 Å². The van der Waals surface area contributed by atoms with E-state index in [0.717, 1.165) is 134 Å². The van der Waals surface area contributed by atoms with Gasteiger partial charge in [-0.2, -0.15) is 0 Å². The number of phenols is 4. The fourth-order valence-corrected chi connectivity index (χ4v) is 22.6. The molecule has 0 radical (unpaired) electrons. The van der Waals surface area contributed by atoms with Gasteiger partial charge < -0.3 is 62.1 Å². The molecule has 4 amide bonds. The van der Waals surface area contributed by atoms with Crippen LogP contribution >= 0.6 is 34.8 Å². The third-order valence-corrected chi connectivity index (χ3v) is 30.5. The van der Waals surface area contributed by atoms with Crippen LogP contribution in [0, 0.1) is 12.7 Å². The molecule has 4 saturated carbocycles. The summed E-state index contributed by atoms with van der Waals surface area (Å²) >= 11 is 20.0. The topological polar surface area (TPSA) is 347 Å². The molecule has 4 spiro atoms. The Morgan fingerprint density at radius 2 is 0.632 bits per heavy atom. The van der Waals surface area contributed by atoms with Crippen molar-refractivity contribution < 1.29 is 83.6 Å². The van der Waals surface area contributed by atoms with Crippen molar-refractivity contribution in [2.24, 2.45) is 0 Å². The second-order valence-electron chi connectivity index (χ2n) is 38.0. The Bertz CT molecular complexity index is 8060. The maximum atomic E-state index is 15.2. The zero-order chi connectivity index (χ0) is 100. The van der Waals surface area contributed by atoms with E-state index in [0.29, 0.717) is 86.4 Å². The Hall–Kier alpha value is -16.7. The lowest BCUT2D eigenvalue weighted by atomic mass is 9.89. The Kier molecular flexibility index (Phi) is 23.9. The molecule has 4 heterocycles. The second kappa shape index (κ2) is 36.7. The van der Waals surface area contributed by atoms with E-state index >= 15 is 4.39 Å². The molecule has 0 saturated heterocycles. The van der Waals surface area contributed by atoms with Crippen molar-refractivity contribution in [3.63, 3.8) is 0 Å². The molecule has 16 aromatic carbocycles. The van der Waals surface area contributed by atoms with Crippen molar-refractivity contribution in [2.75, 3.05) is 21.3 Å². The van der Waals surface area contributed by atoms with Crippen molar-refractivity contribution >= 4 is 105 Å². The Balaban J connectivity index is 0.000000113. The quantitative estimate of drug-likeness (QED) is 0.0358. The first-order chi connectivity index (χ1) is 69.4. The molecule has 8 atom stereocenters. The number of carboxylic acid groups (broad SMARTS) is 4. The van der Waals surface area contributed by atoms with Crippen molar-refractivity contribution in [2.45, 2.75) is 97.2 Å². The van der Waals surface area contributed by atoms with E-state index in [4.69, 9.17) is 45.0 Å². The standard InChI is InChI=1S/C31H24ClNO4.C30H22ClNO4.C30H22FNO4.C29H20ClNO4/c1-17-6-9-20(13-22(17)29(35)36)25-16-31(25)24-14-23(26(32)15-27(24)33-30(31)37)19-10-7-18(8-11-19)12-21-4-2-3-5-28(21)34;31-25-15-26-23(14-22(25)19-11-9-18(10-12-19)21-3-1-2-4-27(21)33)30(29(36)32-26)16-24(30)20-7-5-17(6-8-20)13-28(34)35;31-25-15-26-23(14-22(25)19-10-8-18(9-11-19)21-6-1-2-7-27(21)33)30(29(36)32-26)16-24(30)20-5-3-4-17(12-20)13-28(34)35;30-24-14-25-22(13-21(24)17-7-5-16(6-8-17)20-3-1-2-4-26(20)32)29(28(35)31-25)15-23(29)18-9-11-19(12-10-18)27(33)34/h2-11,13-15,25,34H,12,16H2,1H3,(H,33,37)(H,35,36);2*1-12,14-15,24,33H,13,16H2,(H,32,36)(H,34,35);1-14,23,32H,15H2,(H,31,35)(H,33,34). The highest BCUT2D eigenvalue weighted by atomic mass is 35.5. The Morgan fingerprint density at radius 1 is 0.312 bits per heavy atom. The number of carboxylic acids is 4. The van der Waals surface area contributed by atoms with Gasteiger partial charge in [-0.15, -0.1) is 0 Å². The van der Waals surface area contributed by atoms with Crippen LogP contribution < -0.4 is 21.3 Å². The van der Waals surface area contributed by atoms with Crippen LogP contribution in [0.5, 0.6) is 23.0 Å². The third kappa shape index (κ3) is 16.9. The monoisotopic (exact) mass is 1960 g/mol. The summed E-state index contributed by atoms with van der Waals surface area (Å²) in [4.78, 5) is 97.5. The van der Waals surface area contributed by atoms with E-state index in [1.807, 2.05) is 231 Å². The number of aliphatic carboxylic acids is 2. The van der Waals surface area contributed by atoms with Gasteiger partial charge in [-0.25, -0.2) is 14.0 Å². The molecule has 8 aliphatic rings. The summed E-state index contributed by atoms with van der Waals surface area (Å²) in [6.07, 6.45) is 3.06. The molecule has 12 N–H and O–H groups in total. The highest BCUT2D eigenvalue weighted by Crippen LogP contribution is 2.70. The zero-order valence-electron chi connectivity index (χ0n) is 76.9. The van der Waals surface area contributed by atoms with E-state index in [2.05, 4.69) is 21.3 Å². The molecular formula is C120H88Cl3FN4O16. The number of para-hydroxylation sites is 4. The zero-order valence-corrected chi connectivity index (χ0v) is 79.1. The summed E-state index contributed by atoms with van der Waals surface area (Å²) in [5.74, 6) is -3.75. The average molecular weight is 1970 g/mol. The number of aromatic hydroxyl groups is 4. The lowest BCUT2D eigenvalue weighted by molar-refractivity contribution is -0.137. The Morgan fingerprint density at radius 3 is 1.01 bits per heavy atom. The summed E-state index contributed by atoms with van der Waals surface area (Å²) < 4.78 is 15.2. The largest absolute Gasteiger partial charge is 0.508 e. The van der Waals surface area contributed by atoms with E-state index in [1.54, 1.807) is 104 Å². The highest BCUT2D eigenvalue weighted by molar-refractivity contribution is 6.35. The first-order valence-corrected chi connectivity index (χ1v) is 48.0. The van der Waals surface area contributed by atoms with Gasteiger partial charge in [-0.3, -0.25) is 28.8 Å².